The van der Waals surface area contributed by atoms with Crippen molar-refractivity contribution in [2.75, 3.05) is 0 Å². The molecule has 0 amide bonds. The van der Waals surface area contributed by atoms with Gasteiger partial charge in [-0.15, -0.1) is 0 Å². The van der Waals surface area contributed by atoms with Gasteiger partial charge in [0.1, 0.15) is 11.0 Å². The summed E-state index contributed by atoms with van der Waals surface area (Å²) in [4.78, 5) is 8.56. The minimum atomic E-state index is -0.300. The largest absolute Gasteiger partial charge is 0.233 e. The lowest BCUT2D eigenvalue weighted by Gasteiger charge is -2.05. The quantitative estimate of drug-likeness (QED) is 0.771. The number of rotatable bonds is 4. The number of hydrogen-bond donors (Lipinski definition) is 0. The zero-order chi connectivity index (χ0) is 13.0. The molecule has 2 rings (SSSR count). The average Bonchev–Trinajstić information content (AvgIpc) is 2.36. The molecule has 0 aliphatic carbocycles. The first kappa shape index (κ1) is 13.0. The van der Waals surface area contributed by atoms with E-state index >= 15 is 0 Å². The molecule has 1 aromatic carbocycles. The third-order valence-corrected chi connectivity index (χ3v) is 2.81. The Morgan fingerprint density at radius 2 is 2.06 bits per heavy atom. The molecule has 1 heterocycles. The lowest BCUT2D eigenvalue weighted by atomic mass is 10.1. The molecule has 0 bridgehead atoms. The summed E-state index contributed by atoms with van der Waals surface area (Å²) >= 11 is 5.97. The number of aryl methyl sites for hydroxylation is 1. The predicted octanol–water partition coefficient (Wildman–Crippen LogP) is 4.28. The molecule has 0 aliphatic heterocycles. The SMILES string of the molecule is CCCCc1cc(Cl)nc(-c2cccc(F)c2)n1. The normalized spacial score (nSPS) is 10.6. The number of hydrogen-bond acceptors (Lipinski definition) is 2. The summed E-state index contributed by atoms with van der Waals surface area (Å²) in [6, 6.07) is 7.99. The van der Waals surface area contributed by atoms with Gasteiger partial charge in [0, 0.05) is 11.3 Å². The van der Waals surface area contributed by atoms with Crippen LogP contribution in [0.5, 0.6) is 0 Å². The van der Waals surface area contributed by atoms with Gasteiger partial charge in [-0.3, -0.25) is 0 Å². The molecule has 18 heavy (non-hydrogen) atoms. The van der Waals surface area contributed by atoms with Crippen LogP contribution in [0.3, 0.4) is 0 Å². The maximum Gasteiger partial charge on any atom is 0.161 e. The minimum absolute atomic E-state index is 0.300. The highest BCUT2D eigenvalue weighted by molar-refractivity contribution is 6.29. The van der Waals surface area contributed by atoms with Gasteiger partial charge in [-0.25, -0.2) is 14.4 Å². The molecule has 0 fully saturated rings. The van der Waals surface area contributed by atoms with Gasteiger partial charge in [0.05, 0.1) is 0 Å². The van der Waals surface area contributed by atoms with Gasteiger partial charge in [-0.05, 0) is 31.0 Å². The van der Waals surface area contributed by atoms with E-state index in [0.717, 1.165) is 25.0 Å². The van der Waals surface area contributed by atoms with E-state index in [1.807, 2.05) is 0 Å². The van der Waals surface area contributed by atoms with Crippen molar-refractivity contribution in [2.45, 2.75) is 26.2 Å². The van der Waals surface area contributed by atoms with Gasteiger partial charge in [-0.2, -0.15) is 0 Å². The van der Waals surface area contributed by atoms with Crippen LogP contribution in [0.4, 0.5) is 4.39 Å². The van der Waals surface area contributed by atoms with Crippen molar-refractivity contribution in [1.29, 1.82) is 0 Å². The zero-order valence-corrected chi connectivity index (χ0v) is 10.9. The first-order valence-corrected chi connectivity index (χ1v) is 6.36. The molecule has 1 aromatic heterocycles. The highest BCUT2D eigenvalue weighted by Crippen LogP contribution is 2.19. The van der Waals surface area contributed by atoms with E-state index in [1.165, 1.54) is 12.1 Å². The third kappa shape index (κ3) is 3.26. The van der Waals surface area contributed by atoms with Crippen LogP contribution in [0.15, 0.2) is 30.3 Å². The molecule has 0 unspecified atom stereocenters. The molecular formula is C14H14ClFN2. The summed E-state index contributed by atoms with van der Waals surface area (Å²) in [5.74, 6) is 0.180. The number of nitrogens with zero attached hydrogens (tertiary/aromatic N) is 2. The molecule has 0 atom stereocenters. The standard InChI is InChI=1S/C14H14ClFN2/c1-2-3-7-12-9-13(15)18-14(17-12)10-5-4-6-11(16)8-10/h4-6,8-9H,2-3,7H2,1H3. The zero-order valence-electron chi connectivity index (χ0n) is 10.2. The van der Waals surface area contributed by atoms with Crippen LogP contribution in [-0.2, 0) is 6.42 Å². The molecular weight excluding hydrogens is 251 g/mol. The predicted molar refractivity (Wildman–Crippen MR) is 71.0 cm³/mol. The first-order valence-electron chi connectivity index (χ1n) is 5.98. The van der Waals surface area contributed by atoms with E-state index < -0.39 is 0 Å². The van der Waals surface area contributed by atoms with Crippen LogP contribution in [0.25, 0.3) is 11.4 Å². The van der Waals surface area contributed by atoms with Crippen molar-refractivity contribution in [3.63, 3.8) is 0 Å². The van der Waals surface area contributed by atoms with Gasteiger partial charge in [0.2, 0.25) is 0 Å². The van der Waals surface area contributed by atoms with Crippen molar-refractivity contribution < 1.29 is 4.39 Å². The van der Waals surface area contributed by atoms with Gasteiger partial charge >= 0.3 is 0 Å². The fraction of sp³-hybridized carbons (Fsp3) is 0.286. The maximum atomic E-state index is 13.2. The van der Waals surface area contributed by atoms with Crippen molar-refractivity contribution in [3.05, 3.63) is 47.0 Å². The summed E-state index contributed by atoms with van der Waals surface area (Å²) in [7, 11) is 0. The van der Waals surface area contributed by atoms with Gasteiger partial charge in [0.25, 0.3) is 0 Å². The number of benzene rings is 1. The maximum absolute atomic E-state index is 13.2. The van der Waals surface area contributed by atoms with E-state index in [-0.39, 0.29) is 5.82 Å². The van der Waals surface area contributed by atoms with Crippen LogP contribution in [0.2, 0.25) is 5.15 Å². The summed E-state index contributed by atoms with van der Waals surface area (Å²) in [5.41, 5.74) is 1.55. The van der Waals surface area contributed by atoms with Gasteiger partial charge in [0.15, 0.2) is 5.82 Å². The van der Waals surface area contributed by atoms with E-state index in [2.05, 4.69) is 16.9 Å². The van der Waals surface area contributed by atoms with Crippen molar-refractivity contribution in [3.8, 4) is 11.4 Å². The molecule has 0 saturated carbocycles. The Morgan fingerprint density at radius 1 is 1.22 bits per heavy atom. The summed E-state index contributed by atoms with van der Waals surface area (Å²) in [6.07, 6.45) is 3.01. The highest BCUT2D eigenvalue weighted by atomic mass is 35.5. The molecule has 0 aliphatic rings. The van der Waals surface area contributed by atoms with Crippen molar-refractivity contribution >= 4 is 11.6 Å². The number of halogens is 2. The van der Waals surface area contributed by atoms with Crippen LogP contribution in [-0.4, -0.2) is 9.97 Å². The van der Waals surface area contributed by atoms with Crippen LogP contribution in [0, 0.1) is 5.82 Å². The highest BCUT2D eigenvalue weighted by Gasteiger charge is 2.06. The average molecular weight is 265 g/mol. The second-order valence-corrected chi connectivity index (χ2v) is 4.51. The molecule has 0 spiro atoms. The fourth-order valence-electron chi connectivity index (χ4n) is 1.71. The topological polar surface area (TPSA) is 25.8 Å². The molecule has 0 N–H and O–H groups in total. The van der Waals surface area contributed by atoms with Crippen molar-refractivity contribution in [2.24, 2.45) is 0 Å². The number of aromatic nitrogens is 2. The Balaban J connectivity index is 2.35. The lowest BCUT2D eigenvalue weighted by molar-refractivity contribution is 0.628. The Hall–Kier alpha value is -1.48. The fourth-order valence-corrected chi connectivity index (χ4v) is 1.91. The summed E-state index contributed by atoms with van der Waals surface area (Å²) < 4.78 is 13.2. The molecule has 4 heteroatoms. The minimum Gasteiger partial charge on any atom is -0.233 e. The molecule has 0 saturated heterocycles. The Labute approximate surface area is 111 Å². The first-order chi connectivity index (χ1) is 8.69. The van der Waals surface area contributed by atoms with Crippen LogP contribution in [0.1, 0.15) is 25.5 Å². The lowest BCUT2D eigenvalue weighted by Crippen LogP contribution is -1.96. The van der Waals surface area contributed by atoms with E-state index in [1.54, 1.807) is 18.2 Å². The molecule has 2 nitrogen and oxygen atoms in total. The number of unbranched alkanes of at least 4 members (excludes halogenated alkanes) is 1. The smallest absolute Gasteiger partial charge is 0.161 e. The molecule has 0 radical (unpaired) electrons. The monoisotopic (exact) mass is 264 g/mol. The van der Waals surface area contributed by atoms with E-state index in [0.29, 0.717) is 16.5 Å². The summed E-state index contributed by atoms with van der Waals surface area (Å²) in [5, 5.41) is 0.398. The Morgan fingerprint density at radius 3 is 2.78 bits per heavy atom. The van der Waals surface area contributed by atoms with Crippen LogP contribution < -0.4 is 0 Å². The second-order valence-electron chi connectivity index (χ2n) is 4.12. The van der Waals surface area contributed by atoms with Gasteiger partial charge in [-0.1, -0.05) is 37.1 Å². The molecule has 2 aromatic rings. The van der Waals surface area contributed by atoms with E-state index in [9.17, 15) is 4.39 Å². The Bertz CT molecular complexity index is 543. The summed E-state index contributed by atoms with van der Waals surface area (Å²) in [6.45, 7) is 2.12. The third-order valence-electron chi connectivity index (χ3n) is 2.62. The molecule has 94 valence electrons. The van der Waals surface area contributed by atoms with E-state index in [4.69, 9.17) is 11.6 Å². The second kappa shape index (κ2) is 5.91. The Kier molecular flexibility index (Phi) is 4.26. The van der Waals surface area contributed by atoms with Gasteiger partial charge < -0.3 is 0 Å². The van der Waals surface area contributed by atoms with Crippen LogP contribution >= 0.6 is 11.6 Å². The van der Waals surface area contributed by atoms with Crippen molar-refractivity contribution in [1.82, 2.24) is 9.97 Å².